The van der Waals surface area contributed by atoms with E-state index in [-0.39, 0.29) is 18.0 Å². The average molecular weight is 347 g/mol. The van der Waals surface area contributed by atoms with Gasteiger partial charge >= 0.3 is 12.1 Å². The zero-order chi connectivity index (χ0) is 19.6. The second-order valence-electron chi connectivity index (χ2n) is 6.75. The molecule has 0 aliphatic heterocycles. The van der Waals surface area contributed by atoms with Crippen molar-refractivity contribution in [2.75, 3.05) is 20.7 Å². The Kier molecular flexibility index (Phi) is 10.6. The van der Waals surface area contributed by atoms with Crippen LogP contribution in [0.5, 0.6) is 0 Å². The molecular formula is C15H29N3O6. The molecule has 9 heteroatoms. The number of methoxy groups -OCH3 is 1. The summed E-state index contributed by atoms with van der Waals surface area (Å²) in [4.78, 5) is 36.7. The number of alkyl carbamates (subject to hydrolysis) is 1. The molecule has 0 bridgehead atoms. The van der Waals surface area contributed by atoms with Gasteiger partial charge in [0, 0.05) is 14.2 Å². The molecule has 0 fully saturated rings. The van der Waals surface area contributed by atoms with Gasteiger partial charge < -0.3 is 19.5 Å². The summed E-state index contributed by atoms with van der Waals surface area (Å²) in [5.74, 6) is -1.32. The summed E-state index contributed by atoms with van der Waals surface area (Å²) in [6.07, 6.45) is -0.620. The van der Waals surface area contributed by atoms with Crippen molar-refractivity contribution >= 4 is 24.4 Å². The van der Waals surface area contributed by atoms with E-state index in [1.54, 1.807) is 27.9 Å². The SMILES string of the molecule is CN(CC(=O)O)C(=NC=O)NC(=O)OC(C)(C)C.COC(C)(C)C. The highest BCUT2D eigenvalue weighted by Crippen LogP contribution is 2.06. The summed E-state index contributed by atoms with van der Waals surface area (Å²) in [5.41, 5.74) is -0.665. The zero-order valence-electron chi connectivity index (χ0n) is 15.7. The Bertz CT molecular complexity index is 449. The number of likely N-dealkylation sites (N-methyl/N-ethyl adjacent to an activating group) is 1. The highest BCUT2D eigenvalue weighted by atomic mass is 16.6. The number of carbonyl (C=O) groups is 3. The molecule has 2 amide bonds. The highest BCUT2D eigenvalue weighted by Gasteiger charge is 2.19. The largest absolute Gasteiger partial charge is 0.480 e. The van der Waals surface area contributed by atoms with Crippen LogP contribution in [-0.2, 0) is 19.1 Å². The number of aliphatic imine (C=N–C) groups is 1. The summed E-state index contributed by atoms with van der Waals surface area (Å²) in [6.45, 7) is 10.7. The van der Waals surface area contributed by atoms with Crippen LogP contribution in [0.3, 0.4) is 0 Å². The van der Waals surface area contributed by atoms with Crippen LogP contribution < -0.4 is 5.32 Å². The van der Waals surface area contributed by atoms with Crippen molar-refractivity contribution in [1.82, 2.24) is 10.2 Å². The summed E-state index contributed by atoms with van der Waals surface area (Å²) in [6, 6.07) is 0. The van der Waals surface area contributed by atoms with Crippen LogP contribution in [0.2, 0.25) is 0 Å². The van der Waals surface area contributed by atoms with E-state index in [9.17, 15) is 14.4 Å². The van der Waals surface area contributed by atoms with Gasteiger partial charge in [-0.05, 0) is 41.5 Å². The van der Waals surface area contributed by atoms with Gasteiger partial charge in [0.25, 0.3) is 0 Å². The molecule has 0 rings (SSSR count). The molecule has 0 aliphatic rings. The Balaban J connectivity index is 0. The molecule has 0 saturated heterocycles. The van der Waals surface area contributed by atoms with Gasteiger partial charge in [-0.25, -0.2) is 4.79 Å². The third kappa shape index (κ3) is 16.2. The first-order valence-corrected chi connectivity index (χ1v) is 7.21. The smallest absolute Gasteiger partial charge is 0.414 e. The number of nitrogens with one attached hydrogen (secondary N) is 1. The van der Waals surface area contributed by atoms with Crippen LogP contribution in [0.4, 0.5) is 4.79 Å². The first kappa shape index (κ1) is 24.1. The van der Waals surface area contributed by atoms with E-state index in [0.717, 1.165) is 4.90 Å². The molecule has 0 saturated carbocycles. The van der Waals surface area contributed by atoms with E-state index in [2.05, 4.69) is 10.3 Å². The van der Waals surface area contributed by atoms with Crippen LogP contribution in [0.15, 0.2) is 4.99 Å². The van der Waals surface area contributed by atoms with Crippen LogP contribution >= 0.6 is 0 Å². The lowest BCUT2D eigenvalue weighted by molar-refractivity contribution is -0.137. The second-order valence-corrected chi connectivity index (χ2v) is 6.75. The molecule has 0 unspecified atom stereocenters. The van der Waals surface area contributed by atoms with Gasteiger partial charge in [-0.1, -0.05) is 0 Å². The number of carboxylic acids is 1. The molecule has 0 spiro atoms. The Morgan fingerprint density at radius 1 is 1.17 bits per heavy atom. The van der Waals surface area contributed by atoms with Crippen molar-refractivity contribution < 1.29 is 29.0 Å². The quantitative estimate of drug-likeness (QED) is 0.451. The van der Waals surface area contributed by atoms with E-state index in [1.165, 1.54) is 7.05 Å². The standard InChI is InChI=1S/C10H17N3O5.C5H12O/c1-10(2,3)18-9(17)12-8(11-6-14)13(4)5-7(15)16;1-5(2,3)6-4/h6H,5H2,1-4H3,(H,15,16)(H,11,12,14,17);1-4H3. The molecule has 2 N–H and O–H groups in total. The fourth-order valence-electron chi connectivity index (χ4n) is 0.949. The highest BCUT2D eigenvalue weighted by molar-refractivity contribution is 5.97. The molecule has 140 valence electrons. The Morgan fingerprint density at radius 3 is 1.92 bits per heavy atom. The van der Waals surface area contributed by atoms with Gasteiger partial charge in [-0.2, -0.15) is 4.99 Å². The lowest BCUT2D eigenvalue weighted by atomic mass is 10.2. The van der Waals surface area contributed by atoms with Gasteiger partial charge in [0.2, 0.25) is 12.4 Å². The van der Waals surface area contributed by atoms with E-state index >= 15 is 0 Å². The van der Waals surface area contributed by atoms with E-state index in [4.69, 9.17) is 14.6 Å². The first-order valence-electron chi connectivity index (χ1n) is 7.21. The molecule has 0 heterocycles. The lowest BCUT2D eigenvalue weighted by Crippen LogP contribution is -2.46. The van der Waals surface area contributed by atoms with E-state index < -0.39 is 24.2 Å². The number of nitrogens with zero attached hydrogens (tertiary/aromatic N) is 2. The maximum Gasteiger partial charge on any atom is 0.414 e. The third-order valence-corrected chi connectivity index (χ3v) is 2.13. The number of aliphatic carboxylic acids is 1. The zero-order valence-corrected chi connectivity index (χ0v) is 15.7. The Morgan fingerprint density at radius 2 is 1.62 bits per heavy atom. The number of carboxylic acid groups (broad SMARTS) is 1. The maximum absolute atomic E-state index is 11.4. The van der Waals surface area contributed by atoms with Crippen molar-refractivity contribution in [3.8, 4) is 0 Å². The fraction of sp³-hybridized carbons (Fsp3) is 0.733. The fourth-order valence-corrected chi connectivity index (χ4v) is 0.949. The van der Waals surface area contributed by atoms with Crippen LogP contribution in [0, 0.1) is 0 Å². The topological polar surface area (TPSA) is 118 Å². The number of amides is 2. The summed E-state index contributed by atoms with van der Waals surface area (Å²) >= 11 is 0. The van der Waals surface area contributed by atoms with Crippen LogP contribution in [0.1, 0.15) is 41.5 Å². The Labute approximate surface area is 143 Å². The molecular weight excluding hydrogens is 318 g/mol. The molecule has 0 aromatic heterocycles. The predicted molar refractivity (Wildman–Crippen MR) is 89.9 cm³/mol. The van der Waals surface area contributed by atoms with Crippen molar-refractivity contribution in [2.45, 2.75) is 52.7 Å². The van der Waals surface area contributed by atoms with Crippen LogP contribution in [-0.4, -0.2) is 66.3 Å². The number of guanidine groups is 1. The summed E-state index contributed by atoms with van der Waals surface area (Å²) < 4.78 is 9.89. The van der Waals surface area contributed by atoms with Crippen molar-refractivity contribution in [3.05, 3.63) is 0 Å². The van der Waals surface area contributed by atoms with Gasteiger partial charge in [0.05, 0.1) is 5.60 Å². The minimum atomic E-state index is -1.12. The minimum absolute atomic E-state index is 0.0417. The van der Waals surface area contributed by atoms with Crippen molar-refractivity contribution in [1.29, 1.82) is 0 Å². The van der Waals surface area contributed by atoms with E-state index in [0.29, 0.717) is 0 Å². The molecule has 9 nitrogen and oxygen atoms in total. The molecule has 24 heavy (non-hydrogen) atoms. The van der Waals surface area contributed by atoms with Crippen molar-refractivity contribution in [2.24, 2.45) is 4.99 Å². The van der Waals surface area contributed by atoms with Gasteiger partial charge in [-0.15, -0.1) is 0 Å². The number of hydrogen-bond acceptors (Lipinski definition) is 5. The maximum atomic E-state index is 11.4. The second kappa shape index (κ2) is 10.6. The Hall–Kier alpha value is -2.16. The molecule has 0 aromatic rings. The van der Waals surface area contributed by atoms with Gasteiger partial charge in [-0.3, -0.25) is 14.9 Å². The average Bonchev–Trinajstić information content (AvgIpc) is 2.35. The molecule has 0 aliphatic carbocycles. The van der Waals surface area contributed by atoms with Crippen molar-refractivity contribution in [3.63, 3.8) is 0 Å². The number of ether oxygens (including phenoxy) is 2. The predicted octanol–water partition coefficient (Wildman–Crippen LogP) is 1.47. The first-order chi connectivity index (χ1) is 10.7. The third-order valence-electron chi connectivity index (χ3n) is 2.13. The normalized spacial score (nSPS) is 11.8. The number of rotatable bonds is 3. The molecule has 0 atom stereocenters. The lowest BCUT2D eigenvalue weighted by Gasteiger charge is -2.22. The van der Waals surface area contributed by atoms with E-state index in [1.807, 2.05) is 20.8 Å². The number of carbonyl (C=O) groups excluding carboxylic acids is 2. The minimum Gasteiger partial charge on any atom is -0.480 e. The van der Waals surface area contributed by atoms with Gasteiger partial charge in [0.1, 0.15) is 12.1 Å². The molecule has 0 radical (unpaired) electrons. The number of hydrogen-bond donors (Lipinski definition) is 2. The molecule has 0 aromatic carbocycles. The van der Waals surface area contributed by atoms with Crippen LogP contribution in [0.25, 0.3) is 0 Å². The summed E-state index contributed by atoms with van der Waals surface area (Å²) in [7, 11) is 3.08. The summed E-state index contributed by atoms with van der Waals surface area (Å²) in [5, 5.41) is 10.8. The van der Waals surface area contributed by atoms with Gasteiger partial charge in [0.15, 0.2) is 0 Å². The monoisotopic (exact) mass is 347 g/mol.